The van der Waals surface area contributed by atoms with Gasteiger partial charge in [0.1, 0.15) is 29.9 Å². The summed E-state index contributed by atoms with van der Waals surface area (Å²) in [6.45, 7) is 5.21. The predicted molar refractivity (Wildman–Crippen MR) is 282 cm³/mol. The van der Waals surface area contributed by atoms with Crippen LogP contribution in [-0.4, -0.2) is 65.2 Å². The molecule has 1 amide bonds. The molecular weight excluding hydrogens is 917 g/mol. The van der Waals surface area contributed by atoms with E-state index in [-0.39, 0.29) is 63.4 Å². The van der Waals surface area contributed by atoms with Gasteiger partial charge >= 0.3 is 0 Å². The van der Waals surface area contributed by atoms with Crippen LogP contribution in [0.5, 0.6) is 28.7 Å². The number of hydrogen-bond donors (Lipinski definition) is 2. The van der Waals surface area contributed by atoms with Crippen LogP contribution in [0.1, 0.15) is 106 Å². The molecule has 0 aromatic heterocycles. The third kappa shape index (κ3) is 11.2. The lowest BCUT2D eigenvalue weighted by molar-refractivity contribution is -0.258. The van der Waals surface area contributed by atoms with Crippen molar-refractivity contribution < 1.29 is 43.5 Å². The van der Waals surface area contributed by atoms with Gasteiger partial charge in [-0.2, -0.15) is 0 Å². The molecule has 2 aliphatic heterocycles. The molecular formula is C62H70N2O9. The first kappa shape index (κ1) is 50.1. The molecule has 0 radical (unpaired) electrons. The molecule has 0 unspecified atom stereocenters. The number of carbonyl (C=O) groups excluding carboxylic acids is 1. The summed E-state index contributed by atoms with van der Waals surface area (Å²) in [6.07, 6.45) is 15.0. The van der Waals surface area contributed by atoms with E-state index in [4.69, 9.17) is 33.7 Å². The highest BCUT2D eigenvalue weighted by Crippen LogP contribution is 2.62. The van der Waals surface area contributed by atoms with Crippen molar-refractivity contribution in [2.75, 3.05) is 26.6 Å². The molecule has 5 aliphatic rings. The lowest BCUT2D eigenvalue weighted by Gasteiger charge is -2.60. The maximum atomic E-state index is 15.5. The Balaban J connectivity index is 1.13. The van der Waals surface area contributed by atoms with E-state index in [1.807, 2.05) is 95.9 Å². The number of oxime groups is 1. The third-order valence-electron chi connectivity index (χ3n) is 15.8. The third-order valence-corrected chi connectivity index (χ3v) is 15.8. The van der Waals surface area contributed by atoms with E-state index < -0.39 is 17.7 Å². The highest BCUT2D eigenvalue weighted by molar-refractivity contribution is 6.03. The zero-order chi connectivity index (χ0) is 50.0. The second kappa shape index (κ2) is 23.6. The molecule has 10 rings (SSSR count). The fourth-order valence-corrected chi connectivity index (χ4v) is 12.3. The van der Waals surface area contributed by atoms with E-state index in [2.05, 4.69) is 43.0 Å². The molecule has 2 heterocycles. The number of aliphatic hydroxyl groups excluding tert-OH is 2. The molecule has 2 fully saturated rings. The molecule has 2 saturated carbocycles. The van der Waals surface area contributed by atoms with Gasteiger partial charge in [-0.25, -0.2) is 0 Å². The van der Waals surface area contributed by atoms with Crippen molar-refractivity contribution in [2.24, 2.45) is 28.8 Å². The molecule has 382 valence electrons. The molecule has 0 bridgehead atoms. The molecule has 0 spiro atoms. The van der Waals surface area contributed by atoms with Crippen LogP contribution in [0, 0.1) is 23.7 Å². The second-order valence-electron chi connectivity index (χ2n) is 20.4. The monoisotopic (exact) mass is 987 g/mol. The van der Waals surface area contributed by atoms with Crippen molar-refractivity contribution in [2.45, 2.75) is 114 Å². The van der Waals surface area contributed by atoms with Gasteiger partial charge in [0.15, 0.2) is 11.5 Å². The van der Waals surface area contributed by atoms with E-state index in [1.54, 1.807) is 6.08 Å². The summed E-state index contributed by atoms with van der Waals surface area (Å²) in [5.41, 5.74) is 6.86. The van der Waals surface area contributed by atoms with Crippen molar-refractivity contribution >= 4 is 11.6 Å². The van der Waals surface area contributed by atoms with Gasteiger partial charge < -0.3 is 43.6 Å². The Morgan fingerprint density at radius 3 is 2.25 bits per heavy atom. The number of nitrogens with zero attached hydrogens (tertiary/aromatic N) is 2. The van der Waals surface area contributed by atoms with Crippen LogP contribution in [-0.2, 0) is 27.5 Å². The number of amides is 1. The Kier molecular flexibility index (Phi) is 16.2. The minimum atomic E-state index is -1.41. The zero-order valence-electron chi connectivity index (χ0n) is 42.0. The number of hydrogen-bond acceptors (Lipinski definition) is 10. The number of unbranched alkanes of at least 4 members (excludes halogenated alkanes) is 2. The lowest BCUT2D eigenvalue weighted by atomic mass is 9.55. The van der Waals surface area contributed by atoms with Crippen molar-refractivity contribution in [1.29, 1.82) is 0 Å². The first-order chi connectivity index (χ1) is 35.9. The molecule has 73 heavy (non-hydrogen) atoms. The fourth-order valence-electron chi connectivity index (χ4n) is 12.3. The summed E-state index contributed by atoms with van der Waals surface area (Å²) in [4.78, 5) is 23.9. The summed E-state index contributed by atoms with van der Waals surface area (Å²) < 4.78 is 33.3. The van der Waals surface area contributed by atoms with Crippen molar-refractivity contribution in [3.8, 4) is 39.9 Å². The van der Waals surface area contributed by atoms with Crippen molar-refractivity contribution in [3.63, 3.8) is 0 Å². The van der Waals surface area contributed by atoms with Crippen LogP contribution in [0.25, 0.3) is 11.1 Å². The van der Waals surface area contributed by atoms with Crippen LogP contribution in [0.2, 0.25) is 0 Å². The smallest absolute Gasteiger partial charge is 0.239 e. The molecule has 0 saturated heterocycles. The van der Waals surface area contributed by atoms with Crippen molar-refractivity contribution in [1.82, 2.24) is 4.90 Å². The Hall–Kier alpha value is -6.40. The molecule has 11 nitrogen and oxygen atoms in total. The predicted octanol–water partition coefficient (Wildman–Crippen LogP) is 12.7. The number of benzene rings is 5. The van der Waals surface area contributed by atoms with Crippen LogP contribution in [0.4, 0.5) is 0 Å². The molecule has 6 atom stereocenters. The van der Waals surface area contributed by atoms with Gasteiger partial charge in [0.2, 0.25) is 18.5 Å². The number of allylic oxidation sites excluding steroid dienone is 1. The van der Waals surface area contributed by atoms with E-state index in [0.29, 0.717) is 60.3 Å². The molecule has 3 aliphatic carbocycles. The molecule has 11 heteroatoms. The van der Waals surface area contributed by atoms with Gasteiger partial charge in [0.25, 0.3) is 0 Å². The van der Waals surface area contributed by atoms with Crippen LogP contribution < -0.4 is 18.9 Å². The highest BCUT2D eigenvalue weighted by atomic mass is 16.7. The molecule has 5 aromatic carbocycles. The average Bonchev–Trinajstić information content (AvgIpc) is 4.14. The minimum absolute atomic E-state index is 0.0262. The van der Waals surface area contributed by atoms with Gasteiger partial charge in [-0.15, -0.1) is 6.58 Å². The zero-order valence-corrected chi connectivity index (χ0v) is 42.0. The summed E-state index contributed by atoms with van der Waals surface area (Å²) in [5.74, 6) is 1.97. The topological polar surface area (TPSA) is 129 Å². The van der Waals surface area contributed by atoms with Crippen LogP contribution >= 0.6 is 0 Å². The van der Waals surface area contributed by atoms with Crippen molar-refractivity contribution in [3.05, 3.63) is 162 Å². The maximum Gasteiger partial charge on any atom is 0.239 e. The quantitative estimate of drug-likeness (QED) is 0.0373. The van der Waals surface area contributed by atoms with Gasteiger partial charge in [-0.1, -0.05) is 135 Å². The number of aliphatic hydroxyl groups is 2. The summed E-state index contributed by atoms with van der Waals surface area (Å²) in [6, 6.07) is 39.9. The van der Waals surface area contributed by atoms with Gasteiger partial charge in [0.05, 0.1) is 18.2 Å². The average molecular weight is 987 g/mol. The first-order valence-corrected chi connectivity index (χ1v) is 26.7. The first-order valence-electron chi connectivity index (χ1n) is 26.7. The number of fused-ring (bicyclic) bond motifs is 3. The van der Waals surface area contributed by atoms with E-state index in [0.717, 1.165) is 84.0 Å². The summed E-state index contributed by atoms with van der Waals surface area (Å²) in [5, 5.41) is 25.4. The Morgan fingerprint density at radius 1 is 0.767 bits per heavy atom. The van der Waals surface area contributed by atoms with Crippen LogP contribution in [0.3, 0.4) is 0 Å². The Bertz CT molecular complexity index is 2700. The summed E-state index contributed by atoms with van der Waals surface area (Å²) >= 11 is 0. The minimum Gasteiger partial charge on any atom is -0.459 e. The van der Waals surface area contributed by atoms with E-state index in [9.17, 15) is 10.2 Å². The van der Waals surface area contributed by atoms with Gasteiger partial charge in [-0.3, -0.25) is 4.79 Å². The molecule has 2 N–H and O–H groups in total. The molecule has 5 aromatic rings. The van der Waals surface area contributed by atoms with Gasteiger partial charge in [0, 0.05) is 44.1 Å². The SMILES string of the molecule is C=CCO[C@@]12Oc3ccc(Oc4ccc(-c5ccccc5)cc4)cc3[C@H]3[C@H](CCCCO)[C@@H](CCCCO)C=C(C(=NOCc4ccccc4)C[C@@H]1N(Cc1ccc4c(c1)OCO4)C(=O)CCC1CCCC1)[C@H]32. The van der Waals surface area contributed by atoms with Crippen LogP contribution in [0.15, 0.2) is 151 Å². The second-order valence-corrected chi connectivity index (χ2v) is 20.4. The number of ether oxygens (including phenoxy) is 5. The lowest BCUT2D eigenvalue weighted by Crippen LogP contribution is -2.70. The largest absolute Gasteiger partial charge is 0.459 e. The normalized spacial score (nSPS) is 23.2. The standard InChI is InChI=1S/C62H70N2O9/c1-2-35-70-62-58(64(59(67)32-24-43-15-9-10-16-43)40-45-23-30-56-57(36-45)69-42-68-56)39-54(63-71-41-44-17-5-3-6-18-44)52-37-48(21-11-13-33-65)51(22-12-14-34-66)60(61(52)62)53-38-50(29-31-55(53)73-62)72-49-27-25-47(26-28-49)46-19-7-4-8-20-46/h2-8,17-20,23,25-31,36-38,43,48,51,58,60-61,65-66H,1,9-16,21-22,24,32-35,39-42H2/t48-,51+,58-,60+,61+,62+/m0/s1. The highest BCUT2D eigenvalue weighted by Gasteiger charge is 2.65. The number of rotatable bonds is 23. The summed E-state index contributed by atoms with van der Waals surface area (Å²) in [7, 11) is 0. The number of carbonyl (C=O) groups is 1. The van der Waals surface area contributed by atoms with E-state index in [1.165, 1.54) is 12.8 Å². The fraction of sp³-hybridized carbons (Fsp3) is 0.419. The maximum absolute atomic E-state index is 15.5. The van der Waals surface area contributed by atoms with E-state index >= 15 is 4.79 Å². The Labute approximate surface area is 430 Å². The van der Waals surface area contributed by atoms with Gasteiger partial charge in [-0.05, 0) is 120 Å². The Morgan fingerprint density at radius 2 is 1.48 bits per heavy atom.